The highest BCUT2D eigenvalue weighted by Crippen LogP contribution is 2.33. The number of methoxy groups -OCH3 is 1. The molecular weight excluding hydrogens is 431 g/mol. The number of hydrazone groups is 1. The molecule has 0 radical (unpaired) electrons. The summed E-state index contributed by atoms with van der Waals surface area (Å²) >= 11 is 2.19. The number of hydrogen-bond donors (Lipinski definition) is 1. The summed E-state index contributed by atoms with van der Waals surface area (Å²) in [6.07, 6.45) is 1.88. The third-order valence-electron chi connectivity index (χ3n) is 3.43. The van der Waals surface area contributed by atoms with Crippen molar-refractivity contribution in [2.24, 2.45) is 5.10 Å². The zero-order chi connectivity index (χ0) is 18.2. The molecule has 1 N–H and O–H groups in total. The van der Waals surface area contributed by atoms with Gasteiger partial charge in [-0.15, -0.1) is 0 Å². The average molecular weight is 452 g/mol. The van der Waals surface area contributed by atoms with Crippen molar-refractivity contribution in [3.63, 3.8) is 0 Å². The number of nitrogens with one attached hydrogen (secondary N) is 1. The van der Waals surface area contributed by atoms with Crippen molar-refractivity contribution in [1.82, 2.24) is 5.43 Å². The maximum atomic E-state index is 11.9. The third-order valence-corrected chi connectivity index (χ3v) is 4.23. The molecule has 2 rings (SSSR count). The van der Waals surface area contributed by atoms with Crippen LogP contribution in [0.1, 0.15) is 23.6 Å². The van der Waals surface area contributed by atoms with Crippen LogP contribution in [0.2, 0.25) is 0 Å². The summed E-state index contributed by atoms with van der Waals surface area (Å²) in [5, 5.41) is 4.02. The maximum absolute atomic E-state index is 11.9. The van der Waals surface area contributed by atoms with Crippen molar-refractivity contribution in [2.45, 2.75) is 20.3 Å². The molecule has 0 bridgehead atoms. The molecule has 0 saturated carbocycles. The van der Waals surface area contributed by atoms with Gasteiger partial charge < -0.3 is 9.47 Å². The van der Waals surface area contributed by atoms with E-state index in [1.54, 1.807) is 13.3 Å². The van der Waals surface area contributed by atoms with Gasteiger partial charge in [0.05, 0.1) is 29.9 Å². The van der Waals surface area contributed by atoms with Gasteiger partial charge in [0.2, 0.25) is 5.91 Å². The number of halogens is 1. The summed E-state index contributed by atoms with van der Waals surface area (Å²) < 4.78 is 11.9. The number of nitrogens with zero attached hydrogens (tertiary/aromatic N) is 1. The molecule has 0 heterocycles. The summed E-state index contributed by atoms with van der Waals surface area (Å²) in [7, 11) is 1.60. The van der Waals surface area contributed by atoms with Gasteiger partial charge in [-0.2, -0.15) is 5.10 Å². The first kappa shape index (κ1) is 19.2. The average Bonchev–Trinajstić information content (AvgIpc) is 2.59. The monoisotopic (exact) mass is 452 g/mol. The van der Waals surface area contributed by atoms with Crippen molar-refractivity contribution >= 4 is 34.7 Å². The Bertz CT molecular complexity index is 758. The molecule has 132 valence electrons. The summed E-state index contributed by atoms with van der Waals surface area (Å²) in [5.74, 6) is 1.19. The van der Waals surface area contributed by atoms with Crippen LogP contribution >= 0.6 is 22.6 Å². The van der Waals surface area contributed by atoms with E-state index in [-0.39, 0.29) is 5.91 Å². The van der Waals surface area contributed by atoms with E-state index in [1.165, 1.54) is 5.56 Å². The summed E-state index contributed by atoms with van der Waals surface area (Å²) in [4.78, 5) is 11.9. The van der Waals surface area contributed by atoms with Gasteiger partial charge in [-0.1, -0.05) is 29.8 Å². The highest BCUT2D eigenvalue weighted by Gasteiger charge is 2.10. The van der Waals surface area contributed by atoms with E-state index in [9.17, 15) is 4.79 Å². The molecule has 0 aliphatic carbocycles. The van der Waals surface area contributed by atoms with Crippen LogP contribution in [0.5, 0.6) is 11.5 Å². The zero-order valence-electron chi connectivity index (χ0n) is 14.5. The van der Waals surface area contributed by atoms with E-state index in [2.05, 4.69) is 33.1 Å². The van der Waals surface area contributed by atoms with Crippen molar-refractivity contribution in [1.29, 1.82) is 0 Å². The Morgan fingerprint density at radius 3 is 2.64 bits per heavy atom. The lowest BCUT2D eigenvalue weighted by Crippen LogP contribution is -2.19. The minimum atomic E-state index is -0.160. The second-order valence-electron chi connectivity index (χ2n) is 5.42. The molecule has 0 aliphatic rings. The van der Waals surface area contributed by atoms with Crippen LogP contribution in [-0.2, 0) is 11.2 Å². The van der Waals surface area contributed by atoms with Crippen LogP contribution in [0.25, 0.3) is 0 Å². The van der Waals surface area contributed by atoms with E-state index in [1.807, 2.05) is 50.2 Å². The molecule has 0 spiro atoms. The molecule has 25 heavy (non-hydrogen) atoms. The van der Waals surface area contributed by atoms with Gasteiger partial charge in [-0.25, -0.2) is 5.43 Å². The number of rotatable bonds is 7. The molecule has 0 aliphatic heterocycles. The lowest BCUT2D eigenvalue weighted by atomic mass is 10.1. The number of carbonyl (C=O) groups is 1. The second-order valence-corrected chi connectivity index (χ2v) is 6.58. The number of hydrogen-bond acceptors (Lipinski definition) is 4. The normalized spacial score (nSPS) is 10.7. The highest BCUT2D eigenvalue weighted by atomic mass is 127. The number of benzene rings is 2. The number of carbonyl (C=O) groups excluding carboxylic acids is 1. The van der Waals surface area contributed by atoms with Crippen LogP contribution in [0.4, 0.5) is 0 Å². The molecule has 0 unspecified atom stereocenters. The first-order valence-corrected chi connectivity index (χ1v) is 8.99. The fourth-order valence-electron chi connectivity index (χ4n) is 2.21. The summed E-state index contributed by atoms with van der Waals surface area (Å²) in [6, 6.07) is 11.6. The van der Waals surface area contributed by atoms with Gasteiger partial charge in [0.15, 0.2) is 11.5 Å². The Morgan fingerprint density at radius 1 is 1.28 bits per heavy atom. The van der Waals surface area contributed by atoms with E-state index in [0.717, 1.165) is 14.7 Å². The first-order chi connectivity index (χ1) is 12.0. The summed E-state index contributed by atoms with van der Waals surface area (Å²) in [5.41, 5.74) is 5.49. The Morgan fingerprint density at radius 2 is 2.00 bits per heavy atom. The van der Waals surface area contributed by atoms with Crippen LogP contribution in [-0.4, -0.2) is 25.8 Å². The minimum absolute atomic E-state index is 0.160. The largest absolute Gasteiger partial charge is 0.493 e. The SMILES string of the molecule is CCOc1c(I)cc(/C=N/NC(=O)Cc2ccc(C)cc2)cc1OC. The molecule has 2 aromatic carbocycles. The fourth-order valence-corrected chi connectivity index (χ4v) is 2.99. The number of amides is 1. The van der Waals surface area contributed by atoms with Gasteiger partial charge in [0.1, 0.15) is 0 Å². The standard InChI is InChI=1S/C19H21IN2O3/c1-4-25-19-16(20)9-15(10-17(19)24-3)12-21-22-18(23)11-14-7-5-13(2)6-8-14/h5-10,12H,4,11H2,1-3H3,(H,22,23)/b21-12+. The molecule has 0 fully saturated rings. The van der Waals surface area contributed by atoms with E-state index >= 15 is 0 Å². The number of aryl methyl sites for hydroxylation is 1. The van der Waals surface area contributed by atoms with Gasteiger partial charge in [-0.3, -0.25) is 4.79 Å². The lowest BCUT2D eigenvalue weighted by Gasteiger charge is -2.12. The molecule has 2 aromatic rings. The van der Waals surface area contributed by atoms with Crippen LogP contribution in [0, 0.1) is 10.5 Å². The van der Waals surface area contributed by atoms with E-state index in [4.69, 9.17) is 9.47 Å². The number of ether oxygens (including phenoxy) is 2. The highest BCUT2D eigenvalue weighted by molar-refractivity contribution is 14.1. The molecule has 0 aromatic heterocycles. The molecule has 0 saturated heterocycles. The maximum Gasteiger partial charge on any atom is 0.244 e. The van der Waals surface area contributed by atoms with Crippen LogP contribution < -0.4 is 14.9 Å². The Balaban J connectivity index is 2.00. The third kappa shape index (κ3) is 5.74. The Labute approximate surface area is 161 Å². The smallest absolute Gasteiger partial charge is 0.244 e. The second kappa shape index (κ2) is 9.41. The van der Waals surface area contributed by atoms with Crippen molar-refractivity contribution < 1.29 is 14.3 Å². The van der Waals surface area contributed by atoms with Gasteiger partial charge in [0, 0.05) is 0 Å². The lowest BCUT2D eigenvalue weighted by molar-refractivity contribution is -0.120. The van der Waals surface area contributed by atoms with Crippen molar-refractivity contribution in [3.05, 3.63) is 56.7 Å². The van der Waals surface area contributed by atoms with Gasteiger partial charge >= 0.3 is 0 Å². The van der Waals surface area contributed by atoms with Gasteiger partial charge in [0.25, 0.3) is 0 Å². The van der Waals surface area contributed by atoms with E-state index < -0.39 is 0 Å². The van der Waals surface area contributed by atoms with E-state index in [0.29, 0.717) is 24.5 Å². The van der Waals surface area contributed by atoms with Crippen molar-refractivity contribution in [3.8, 4) is 11.5 Å². The zero-order valence-corrected chi connectivity index (χ0v) is 16.7. The minimum Gasteiger partial charge on any atom is -0.493 e. The molecule has 5 nitrogen and oxygen atoms in total. The predicted molar refractivity (Wildman–Crippen MR) is 107 cm³/mol. The predicted octanol–water partition coefficient (Wildman–Crippen LogP) is 3.70. The topological polar surface area (TPSA) is 59.9 Å². The molecule has 0 atom stereocenters. The quantitative estimate of drug-likeness (QED) is 0.396. The Kier molecular flexibility index (Phi) is 7.24. The summed E-state index contributed by atoms with van der Waals surface area (Å²) in [6.45, 7) is 4.50. The molecular formula is C19H21IN2O3. The molecule has 6 heteroatoms. The first-order valence-electron chi connectivity index (χ1n) is 7.91. The fraction of sp³-hybridized carbons (Fsp3) is 0.263. The van der Waals surface area contributed by atoms with Gasteiger partial charge in [-0.05, 0) is 59.7 Å². The molecule has 1 amide bonds. The van der Waals surface area contributed by atoms with Crippen molar-refractivity contribution in [2.75, 3.05) is 13.7 Å². The van der Waals surface area contributed by atoms with Crippen LogP contribution in [0.15, 0.2) is 41.5 Å². The van der Waals surface area contributed by atoms with Crippen LogP contribution in [0.3, 0.4) is 0 Å². The Hall–Kier alpha value is -2.09.